The van der Waals surface area contributed by atoms with Crippen LogP contribution in [0, 0.1) is 11.7 Å². The van der Waals surface area contributed by atoms with Crippen molar-refractivity contribution in [2.24, 2.45) is 5.92 Å². The van der Waals surface area contributed by atoms with Gasteiger partial charge in [-0.1, -0.05) is 24.3 Å². The molecule has 1 atom stereocenters. The largest absolute Gasteiger partial charge is 0.338 e. The summed E-state index contributed by atoms with van der Waals surface area (Å²) >= 11 is 0. The van der Waals surface area contributed by atoms with E-state index in [9.17, 15) is 14.0 Å². The van der Waals surface area contributed by atoms with Gasteiger partial charge < -0.3 is 9.80 Å². The Balaban J connectivity index is 1.74. The van der Waals surface area contributed by atoms with Gasteiger partial charge in [-0.3, -0.25) is 9.59 Å². The Hall–Kier alpha value is -2.95. The first-order chi connectivity index (χ1) is 13.1. The molecule has 0 aromatic heterocycles. The molecule has 2 amide bonds. The van der Waals surface area contributed by atoms with Gasteiger partial charge in [0.25, 0.3) is 5.91 Å². The third-order valence-electron chi connectivity index (χ3n) is 4.79. The highest BCUT2D eigenvalue weighted by atomic mass is 19.1. The highest BCUT2D eigenvalue weighted by Gasteiger charge is 2.31. The molecule has 2 aromatic rings. The van der Waals surface area contributed by atoms with Gasteiger partial charge in [-0.25, -0.2) is 4.39 Å². The van der Waals surface area contributed by atoms with Crippen LogP contribution in [0.25, 0.3) is 0 Å². The molecule has 0 N–H and O–H groups in total. The van der Waals surface area contributed by atoms with E-state index < -0.39 is 0 Å². The van der Waals surface area contributed by atoms with Gasteiger partial charge in [-0.05, 0) is 49.2 Å². The number of amides is 2. The van der Waals surface area contributed by atoms with Gasteiger partial charge in [0.05, 0.1) is 5.92 Å². The van der Waals surface area contributed by atoms with Crippen LogP contribution in [0.3, 0.4) is 0 Å². The minimum absolute atomic E-state index is 0.00212. The lowest BCUT2D eigenvalue weighted by atomic mass is 9.95. The van der Waals surface area contributed by atoms with Gasteiger partial charge in [0.1, 0.15) is 5.82 Å². The van der Waals surface area contributed by atoms with Crippen molar-refractivity contribution >= 4 is 17.5 Å². The van der Waals surface area contributed by atoms with E-state index in [1.807, 2.05) is 30.3 Å². The number of likely N-dealkylation sites (tertiary alicyclic amines) is 1. The lowest BCUT2D eigenvalue weighted by Gasteiger charge is -2.35. The zero-order chi connectivity index (χ0) is 19.2. The van der Waals surface area contributed by atoms with Crippen molar-refractivity contribution in [3.05, 3.63) is 78.6 Å². The predicted molar refractivity (Wildman–Crippen MR) is 104 cm³/mol. The van der Waals surface area contributed by atoms with Crippen LogP contribution in [0.5, 0.6) is 0 Å². The second kappa shape index (κ2) is 8.62. The summed E-state index contributed by atoms with van der Waals surface area (Å²) in [5, 5.41) is 0. The number of hydrogen-bond donors (Lipinski definition) is 0. The maximum absolute atomic E-state index is 13.1. The minimum Gasteiger partial charge on any atom is -0.338 e. The molecule has 0 spiro atoms. The highest BCUT2D eigenvalue weighted by Crippen LogP contribution is 2.24. The van der Waals surface area contributed by atoms with Gasteiger partial charge in [0.2, 0.25) is 5.91 Å². The van der Waals surface area contributed by atoms with Gasteiger partial charge in [0, 0.05) is 30.9 Å². The maximum Gasteiger partial charge on any atom is 0.253 e. The van der Waals surface area contributed by atoms with E-state index in [4.69, 9.17) is 0 Å². The molecule has 1 unspecified atom stereocenters. The molecule has 140 valence electrons. The lowest BCUT2D eigenvalue weighted by Crippen LogP contribution is -2.47. The zero-order valence-corrected chi connectivity index (χ0v) is 15.2. The van der Waals surface area contributed by atoms with Crippen molar-refractivity contribution in [2.45, 2.75) is 12.8 Å². The number of carbonyl (C=O) groups excluding carboxylic acids is 2. The third-order valence-corrected chi connectivity index (χ3v) is 4.79. The van der Waals surface area contributed by atoms with Crippen molar-refractivity contribution in [1.82, 2.24) is 4.90 Å². The van der Waals surface area contributed by atoms with Gasteiger partial charge in [-0.2, -0.15) is 0 Å². The average molecular weight is 366 g/mol. The van der Waals surface area contributed by atoms with Crippen LogP contribution >= 0.6 is 0 Å². The number of rotatable bonds is 5. The molecule has 2 aromatic carbocycles. The van der Waals surface area contributed by atoms with E-state index in [0.29, 0.717) is 25.2 Å². The first-order valence-electron chi connectivity index (χ1n) is 9.12. The number of para-hydroxylation sites is 1. The molecule has 5 heteroatoms. The average Bonchev–Trinajstić information content (AvgIpc) is 2.72. The molecule has 1 heterocycles. The quantitative estimate of drug-likeness (QED) is 0.753. The number of benzene rings is 2. The van der Waals surface area contributed by atoms with Gasteiger partial charge in [0.15, 0.2) is 0 Å². The second-order valence-electron chi connectivity index (χ2n) is 6.67. The Kier molecular flexibility index (Phi) is 6.01. The van der Waals surface area contributed by atoms with E-state index in [1.165, 1.54) is 24.3 Å². The molecule has 0 aliphatic carbocycles. The number of carbonyl (C=O) groups is 2. The van der Waals surface area contributed by atoms with Crippen LogP contribution in [0.15, 0.2) is 67.3 Å². The number of hydrogen-bond acceptors (Lipinski definition) is 2. The fraction of sp³-hybridized carbons (Fsp3) is 0.273. The molecule has 1 aliphatic heterocycles. The fourth-order valence-electron chi connectivity index (χ4n) is 3.42. The molecule has 27 heavy (non-hydrogen) atoms. The lowest BCUT2D eigenvalue weighted by molar-refractivity contribution is -0.123. The standard InChI is InChI=1S/C22H23FN2O2/c1-2-14-25(20-8-4-3-5-9-20)22(27)18-7-6-15-24(16-18)21(26)17-10-12-19(23)13-11-17/h2-5,8-13,18H,1,6-7,14-16H2. The van der Waals surface area contributed by atoms with E-state index in [-0.39, 0.29) is 23.5 Å². The topological polar surface area (TPSA) is 40.6 Å². The number of anilines is 1. The Morgan fingerprint density at radius 1 is 1.15 bits per heavy atom. The molecule has 1 fully saturated rings. The van der Waals surface area contributed by atoms with E-state index >= 15 is 0 Å². The number of halogens is 1. The normalized spacial score (nSPS) is 16.6. The molecule has 3 rings (SSSR count). The minimum atomic E-state index is -0.374. The maximum atomic E-state index is 13.1. The Bertz CT molecular complexity index is 805. The van der Waals surface area contributed by atoms with E-state index in [0.717, 1.165) is 18.5 Å². The molecular weight excluding hydrogens is 343 g/mol. The monoisotopic (exact) mass is 366 g/mol. The van der Waals surface area contributed by atoms with Crippen LogP contribution in [0.4, 0.5) is 10.1 Å². The van der Waals surface area contributed by atoms with Crippen molar-refractivity contribution in [1.29, 1.82) is 0 Å². The molecule has 4 nitrogen and oxygen atoms in total. The second-order valence-corrected chi connectivity index (χ2v) is 6.67. The molecule has 1 aliphatic rings. The zero-order valence-electron chi connectivity index (χ0n) is 15.2. The smallest absolute Gasteiger partial charge is 0.253 e. The van der Waals surface area contributed by atoms with Crippen LogP contribution < -0.4 is 4.90 Å². The summed E-state index contributed by atoms with van der Waals surface area (Å²) in [6, 6.07) is 15.0. The summed E-state index contributed by atoms with van der Waals surface area (Å²) in [5.74, 6) is -0.801. The highest BCUT2D eigenvalue weighted by molar-refractivity contribution is 5.97. The van der Waals surface area contributed by atoms with Crippen molar-refractivity contribution in [3.8, 4) is 0 Å². The SMILES string of the molecule is C=CCN(C(=O)C1CCCN(C(=O)c2ccc(F)cc2)C1)c1ccccc1. The first-order valence-corrected chi connectivity index (χ1v) is 9.12. The summed E-state index contributed by atoms with van der Waals surface area (Å²) in [6.07, 6.45) is 3.21. The van der Waals surface area contributed by atoms with Gasteiger partial charge in [-0.15, -0.1) is 6.58 Å². The summed E-state index contributed by atoms with van der Waals surface area (Å²) in [7, 11) is 0. The summed E-state index contributed by atoms with van der Waals surface area (Å²) in [4.78, 5) is 29.2. The van der Waals surface area contributed by atoms with Crippen LogP contribution in [-0.4, -0.2) is 36.3 Å². The molecule has 1 saturated heterocycles. The molecule has 0 radical (unpaired) electrons. The molecular formula is C22H23FN2O2. The Morgan fingerprint density at radius 2 is 1.85 bits per heavy atom. The van der Waals surface area contributed by atoms with Crippen molar-refractivity contribution < 1.29 is 14.0 Å². The first kappa shape index (κ1) is 18.8. The fourth-order valence-corrected chi connectivity index (χ4v) is 3.42. The summed E-state index contributed by atoms with van der Waals surface area (Å²) in [6.45, 7) is 5.15. The van der Waals surface area contributed by atoms with E-state index in [1.54, 1.807) is 15.9 Å². The van der Waals surface area contributed by atoms with Crippen molar-refractivity contribution in [2.75, 3.05) is 24.5 Å². The van der Waals surface area contributed by atoms with Crippen LogP contribution in [0.1, 0.15) is 23.2 Å². The Labute approximate surface area is 158 Å². The van der Waals surface area contributed by atoms with Crippen molar-refractivity contribution in [3.63, 3.8) is 0 Å². The van der Waals surface area contributed by atoms with E-state index in [2.05, 4.69) is 6.58 Å². The molecule has 0 bridgehead atoms. The summed E-state index contributed by atoms with van der Waals surface area (Å²) < 4.78 is 13.1. The number of piperidine rings is 1. The predicted octanol–water partition coefficient (Wildman–Crippen LogP) is 3.90. The summed E-state index contributed by atoms with van der Waals surface area (Å²) in [5.41, 5.74) is 1.26. The number of nitrogens with zero attached hydrogens (tertiary/aromatic N) is 2. The van der Waals surface area contributed by atoms with Crippen LogP contribution in [-0.2, 0) is 4.79 Å². The van der Waals surface area contributed by atoms with Crippen LogP contribution in [0.2, 0.25) is 0 Å². The third kappa shape index (κ3) is 4.42. The van der Waals surface area contributed by atoms with Gasteiger partial charge >= 0.3 is 0 Å². The molecule has 0 saturated carbocycles. The Morgan fingerprint density at radius 3 is 2.52 bits per heavy atom.